The lowest BCUT2D eigenvalue weighted by atomic mass is 9.99. The quantitative estimate of drug-likeness (QED) is 0.861. The SMILES string of the molecule is CC(C)(C(=O)O)n1ccc(NC(=O)C2CCOCC2)n1. The number of rotatable bonds is 4. The molecule has 1 saturated heterocycles. The van der Waals surface area contributed by atoms with Gasteiger partial charge in [-0.15, -0.1) is 0 Å². The van der Waals surface area contributed by atoms with E-state index in [0.717, 1.165) is 0 Å². The Labute approximate surface area is 116 Å². The van der Waals surface area contributed by atoms with Crippen LogP contribution < -0.4 is 5.32 Å². The molecule has 0 radical (unpaired) electrons. The number of nitrogens with one attached hydrogen (secondary N) is 1. The summed E-state index contributed by atoms with van der Waals surface area (Å²) in [6.07, 6.45) is 2.95. The average Bonchev–Trinajstić information content (AvgIpc) is 2.88. The summed E-state index contributed by atoms with van der Waals surface area (Å²) in [5, 5.41) is 16.0. The number of carbonyl (C=O) groups is 2. The summed E-state index contributed by atoms with van der Waals surface area (Å²) in [7, 11) is 0. The molecule has 1 aromatic rings. The largest absolute Gasteiger partial charge is 0.479 e. The zero-order valence-corrected chi connectivity index (χ0v) is 11.6. The standard InChI is InChI=1S/C13H19N3O4/c1-13(2,12(18)19)16-6-3-10(15-16)14-11(17)9-4-7-20-8-5-9/h3,6,9H,4-5,7-8H2,1-2H3,(H,18,19)(H,14,15,17). The van der Waals surface area contributed by atoms with Crippen LogP contribution in [0.2, 0.25) is 0 Å². The van der Waals surface area contributed by atoms with E-state index in [1.54, 1.807) is 26.1 Å². The predicted molar refractivity (Wildman–Crippen MR) is 71.4 cm³/mol. The van der Waals surface area contributed by atoms with Gasteiger partial charge in [0.1, 0.15) is 0 Å². The molecule has 0 unspecified atom stereocenters. The number of carbonyl (C=O) groups excluding carboxylic acids is 1. The Balaban J connectivity index is 2.02. The van der Waals surface area contributed by atoms with Crippen molar-refractivity contribution < 1.29 is 19.4 Å². The summed E-state index contributed by atoms with van der Waals surface area (Å²) in [5.74, 6) is -0.771. The summed E-state index contributed by atoms with van der Waals surface area (Å²) in [6.45, 7) is 4.29. The molecule has 2 heterocycles. The fraction of sp³-hybridized carbons (Fsp3) is 0.615. The minimum atomic E-state index is -1.15. The lowest BCUT2D eigenvalue weighted by molar-refractivity contribution is -0.146. The minimum Gasteiger partial charge on any atom is -0.479 e. The molecule has 1 aromatic heterocycles. The van der Waals surface area contributed by atoms with Gasteiger partial charge in [0.25, 0.3) is 0 Å². The molecule has 0 saturated carbocycles. The van der Waals surface area contributed by atoms with E-state index in [2.05, 4.69) is 10.4 Å². The maximum Gasteiger partial charge on any atom is 0.331 e. The van der Waals surface area contributed by atoms with Gasteiger partial charge in [-0.2, -0.15) is 5.10 Å². The zero-order chi connectivity index (χ0) is 14.8. The molecule has 1 amide bonds. The summed E-state index contributed by atoms with van der Waals surface area (Å²) in [5.41, 5.74) is -1.15. The first-order valence-corrected chi connectivity index (χ1v) is 6.59. The van der Waals surface area contributed by atoms with Crippen molar-refractivity contribution in [1.82, 2.24) is 9.78 Å². The van der Waals surface area contributed by atoms with Gasteiger partial charge in [-0.05, 0) is 26.7 Å². The van der Waals surface area contributed by atoms with Gasteiger partial charge < -0.3 is 15.2 Å². The highest BCUT2D eigenvalue weighted by atomic mass is 16.5. The van der Waals surface area contributed by atoms with Crippen LogP contribution in [0, 0.1) is 5.92 Å². The molecule has 0 atom stereocenters. The second-order valence-electron chi connectivity index (χ2n) is 5.39. The molecule has 0 bridgehead atoms. The third kappa shape index (κ3) is 2.98. The van der Waals surface area contributed by atoms with E-state index in [4.69, 9.17) is 9.84 Å². The Morgan fingerprint density at radius 2 is 2.10 bits per heavy atom. The first kappa shape index (κ1) is 14.5. The molecular formula is C13H19N3O4. The number of ether oxygens (including phenoxy) is 1. The molecule has 1 fully saturated rings. The lowest BCUT2D eigenvalue weighted by Crippen LogP contribution is -2.36. The van der Waals surface area contributed by atoms with E-state index in [9.17, 15) is 9.59 Å². The van der Waals surface area contributed by atoms with Gasteiger partial charge in [-0.3, -0.25) is 9.48 Å². The van der Waals surface area contributed by atoms with Crippen LogP contribution in [0.1, 0.15) is 26.7 Å². The number of carboxylic acids is 1. The van der Waals surface area contributed by atoms with Crippen LogP contribution in [0.15, 0.2) is 12.3 Å². The van der Waals surface area contributed by atoms with Crippen molar-refractivity contribution in [2.45, 2.75) is 32.2 Å². The number of aromatic nitrogens is 2. The van der Waals surface area contributed by atoms with Crippen molar-refractivity contribution in [3.63, 3.8) is 0 Å². The molecule has 0 aromatic carbocycles. The maximum atomic E-state index is 12.0. The van der Waals surface area contributed by atoms with Gasteiger partial charge in [0.2, 0.25) is 5.91 Å². The minimum absolute atomic E-state index is 0.0682. The van der Waals surface area contributed by atoms with E-state index in [-0.39, 0.29) is 11.8 Å². The van der Waals surface area contributed by atoms with Crippen LogP contribution in [0.4, 0.5) is 5.82 Å². The second kappa shape index (κ2) is 5.62. The first-order valence-electron chi connectivity index (χ1n) is 6.59. The molecule has 2 N–H and O–H groups in total. The average molecular weight is 281 g/mol. The maximum absolute atomic E-state index is 12.0. The molecule has 20 heavy (non-hydrogen) atoms. The number of anilines is 1. The summed E-state index contributed by atoms with van der Waals surface area (Å²) in [6, 6.07) is 1.60. The summed E-state index contributed by atoms with van der Waals surface area (Å²) in [4.78, 5) is 23.2. The van der Waals surface area contributed by atoms with E-state index < -0.39 is 11.5 Å². The Morgan fingerprint density at radius 1 is 1.45 bits per heavy atom. The summed E-state index contributed by atoms with van der Waals surface area (Å²) < 4.78 is 6.54. The lowest BCUT2D eigenvalue weighted by Gasteiger charge is -2.21. The van der Waals surface area contributed by atoms with Crippen LogP contribution in [0.3, 0.4) is 0 Å². The van der Waals surface area contributed by atoms with Gasteiger partial charge in [0.05, 0.1) is 0 Å². The van der Waals surface area contributed by atoms with E-state index in [0.29, 0.717) is 31.9 Å². The molecule has 1 aliphatic heterocycles. The van der Waals surface area contributed by atoms with Gasteiger partial charge in [0.15, 0.2) is 11.4 Å². The van der Waals surface area contributed by atoms with E-state index in [1.807, 2.05) is 0 Å². The number of hydrogen-bond acceptors (Lipinski definition) is 4. The van der Waals surface area contributed by atoms with Crippen molar-refractivity contribution in [2.75, 3.05) is 18.5 Å². The number of aliphatic carboxylic acids is 1. The zero-order valence-electron chi connectivity index (χ0n) is 11.6. The monoisotopic (exact) mass is 281 g/mol. The fourth-order valence-corrected chi connectivity index (χ4v) is 1.99. The van der Waals surface area contributed by atoms with Gasteiger partial charge in [-0.25, -0.2) is 4.79 Å². The predicted octanol–water partition coefficient (Wildman–Crippen LogP) is 1.07. The molecule has 7 heteroatoms. The molecule has 110 valence electrons. The highest BCUT2D eigenvalue weighted by molar-refractivity contribution is 5.91. The van der Waals surface area contributed by atoms with Crippen LogP contribution in [0.25, 0.3) is 0 Å². The Kier molecular flexibility index (Phi) is 4.08. The molecular weight excluding hydrogens is 262 g/mol. The molecule has 7 nitrogen and oxygen atoms in total. The van der Waals surface area contributed by atoms with Crippen molar-refractivity contribution in [1.29, 1.82) is 0 Å². The number of nitrogens with zero attached hydrogens (tertiary/aromatic N) is 2. The van der Waals surface area contributed by atoms with Gasteiger partial charge in [-0.1, -0.05) is 0 Å². The van der Waals surface area contributed by atoms with E-state index >= 15 is 0 Å². The third-order valence-electron chi connectivity index (χ3n) is 3.53. The van der Waals surface area contributed by atoms with Crippen molar-refractivity contribution in [3.05, 3.63) is 12.3 Å². The number of carboxylic acid groups (broad SMARTS) is 1. The number of amides is 1. The van der Waals surface area contributed by atoms with Crippen molar-refractivity contribution in [3.8, 4) is 0 Å². The van der Waals surface area contributed by atoms with Crippen molar-refractivity contribution in [2.24, 2.45) is 5.92 Å². The second-order valence-corrected chi connectivity index (χ2v) is 5.39. The molecule has 1 aliphatic rings. The fourth-order valence-electron chi connectivity index (χ4n) is 1.99. The molecule has 0 aliphatic carbocycles. The van der Waals surface area contributed by atoms with Crippen LogP contribution in [-0.4, -0.2) is 40.0 Å². The van der Waals surface area contributed by atoms with Gasteiger partial charge >= 0.3 is 5.97 Å². The molecule has 2 rings (SSSR count). The van der Waals surface area contributed by atoms with Crippen molar-refractivity contribution >= 4 is 17.7 Å². The first-order chi connectivity index (χ1) is 9.41. The number of hydrogen-bond donors (Lipinski definition) is 2. The molecule has 0 spiro atoms. The van der Waals surface area contributed by atoms with Gasteiger partial charge in [0, 0.05) is 31.4 Å². The highest BCUT2D eigenvalue weighted by Crippen LogP contribution is 2.19. The van der Waals surface area contributed by atoms with Crippen LogP contribution in [-0.2, 0) is 19.9 Å². The Morgan fingerprint density at radius 3 is 2.70 bits per heavy atom. The Hall–Kier alpha value is -1.89. The van der Waals surface area contributed by atoms with E-state index in [1.165, 1.54) is 4.68 Å². The smallest absolute Gasteiger partial charge is 0.331 e. The Bertz CT molecular complexity index is 503. The van der Waals surface area contributed by atoms with Crippen LogP contribution in [0.5, 0.6) is 0 Å². The topological polar surface area (TPSA) is 93.5 Å². The third-order valence-corrected chi connectivity index (χ3v) is 3.53. The van der Waals surface area contributed by atoms with Crippen LogP contribution >= 0.6 is 0 Å². The summed E-state index contributed by atoms with van der Waals surface area (Å²) >= 11 is 0. The highest BCUT2D eigenvalue weighted by Gasteiger charge is 2.30. The normalized spacial score (nSPS) is 16.9.